The van der Waals surface area contributed by atoms with Crippen LogP contribution in [-0.4, -0.2) is 53.2 Å². The molecule has 2 amide bonds. The molecule has 2 aromatic rings. The number of nitrogens with zero attached hydrogens (tertiary/aromatic N) is 1. The molecule has 1 atom stereocenters. The molecule has 0 aliphatic heterocycles. The van der Waals surface area contributed by atoms with Gasteiger partial charge >= 0.3 is 12.1 Å². The number of hydrogen-bond donors (Lipinski definition) is 2. The molecule has 174 valence electrons. The Morgan fingerprint density at radius 2 is 1.67 bits per heavy atom. The number of benzene rings is 2. The monoisotopic (exact) mass is 450 g/mol. The Labute approximate surface area is 193 Å². The van der Waals surface area contributed by atoms with Crippen LogP contribution in [0, 0.1) is 0 Å². The predicted octanol–water partition coefficient (Wildman–Crippen LogP) is 4.16. The fourth-order valence-corrected chi connectivity index (χ4v) is 4.86. The third-order valence-electron chi connectivity index (χ3n) is 7.09. The standard InChI is InChI=1S/C26H30N2O5/c1-17(12-13-23(29)28(2)26(24(30)31)14-7-15-26)27-25(32)33-16-22-20-10-5-3-8-18(20)19-9-4-6-11-21(19)22/h3-6,8-11,17,22H,7,12-16H2,1-2H3,(H,27,32)(H,30,31). The third kappa shape index (κ3) is 4.32. The Hall–Kier alpha value is -3.35. The number of rotatable bonds is 8. The van der Waals surface area contributed by atoms with Crippen molar-refractivity contribution in [2.75, 3.05) is 13.7 Å². The molecule has 0 radical (unpaired) electrons. The molecule has 0 aromatic heterocycles. The molecule has 33 heavy (non-hydrogen) atoms. The summed E-state index contributed by atoms with van der Waals surface area (Å²) in [6.07, 6.45) is 1.82. The summed E-state index contributed by atoms with van der Waals surface area (Å²) in [6.45, 7) is 2.04. The molecule has 7 nitrogen and oxygen atoms in total. The fourth-order valence-electron chi connectivity index (χ4n) is 4.86. The quantitative estimate of drug-likeness (QED) is 0.630. The van der Waals surface area contributed by atoms with E-state index in [0.29, 0.717) is 19.3 Å². The van der Waals surface area contributed by atoms with E-state index >= 15 is 0 Å². The number of ether oxygens (including phenoxy) is 1. The summed E-state index contributed by atoms with van der Waals surface area (Å²) in [4.78, 5) is 37.9. The SMILES string of the molecule is CC(CCC(=O)N(C)C1(C(=O)O)CCC1)NC(=O)OCC1c2ccccc2-c2ccccc21. The van der Waals surface area contributed by atoms with Gasteiger partial charge < -0.3 is 20.1 Å². The maximum Gasteiger partial charge on any atom is 0.407 e. The van der Waals surface area contributed by atoms with Crippen LogP contribution in [0.2, 0.25) is 0 Å². The number of likely N-dealkylation sites (N-methyl/N-ethyl adjacent to an activating group) is 1. The lowest BCUT2D eigenvalue weighted by Crippen LogP contribution is -2.59. The maximum atomic E-state index is 12.5. The van der Waals surface area contributed by atoms with Crippen molar-refractivity contribution in [1.29, 1.82) is 0 Å². The van der Waals surface area contributed by atoms with Gasteiger partial charge in [-0.2, -0.15) is 0 Å². The molecule has 2 aliphatic carbocycles. The Balaban J connectivity index is 1.27. The van der Waals surface area contributed by atoms with Crippen molar-refractivity contribution < 1.29 is 24.2 Å². The fraction of sp³-hybridized carbons (Fsp3) is 0.423. The number of hydrogen-bond acceptors (Lipinski definition) is 4. The molecule has 4 rings (SSSR count). The second-order valence-electron chi connectivity index (χ2n) is 9.05. The lowest BCUT2D eigenvalue weighted by Gasteiger charge is -2.45. The number of amides is 2. The first-order chi connectivity index (χ1) is 15.8. The summed E-state index contributed by atoms with van der Waals surface area (Å²) in [7, 11) is 1.55. The molecule has 0 saturated heterocycles. The molecule has 2 aliphatic rings. The second-order valence-corrected chi connectivity index (χ2v) is 9.05. The van der Waals surface area contributed by atoms with Gasteiger partial charge in [0.1, 0.15) is 12.1 Å². The van der Waals surface area contributed by atoms with Gasteiger partial charge in [-0.15, -0.1) is 0 Å². The Morgan fingerprint density at radius 3 is 2.18 bits per heavy atom. The normalized spacial score (nSPS) is 16.7. The number of carboxylic acids is 1. The minimum atomic E-state index is -1.07. The molecular formula is C26H30N2O5. The van der Waals surface area contributed by atoms with Crippen LogP contribution in [0.5, 0.6) is 0 Å². The molecule has 0 bridgehead atoms. The van der Waals surface area contributed by atoms with Gasteiger partial charge in [0.05, 0.1) is 0 Å². The summed E-state index contributed by atoms with van der Waals surface area (Å²) < 4.78 is 5.55. The summed E-state index contributed by atoms with van der Waals surface area (Å²) in [5, 5.41) is 12.3. The second kappa shape index (κ2) is 9.25. The highest BCUT2D eigenvalue weighted by atomic mass is 16.5. The van der Waals surface area contributed by atoms with Gasteiger partial charge in [0.2, 0.25) is 5.91 Å². The number of carbonyl (C=O) groups excluding carboxylic acids is 2. The van der Waals surface area contributed by atoms with Gasteiger partial charge in [0, 0.05) is 25.4 Å². The topological polar surface area (TPSA) is 95.9 Å². The summed E-state index contributed by atoms with van der Waals surface area (Å²) >= 11 is 0. The van der Waals surface area contributed by atoms with Crippen molar-refractivity contribution in [2.45, 2.75) is 56.5 Å². The number of carbonyl (C=O) groups is 3. The first-order valence-corrected chi connectivity index (χ1v) is 11.4. The van der Waals surface area contributed by atoms with E-state index < -0.39 is 17.6 Å². The van der Waals surface area contributed by atoms with E-state index in [2.05, 4.69) is 29.6 Å². The van der Waals surface area contributed by atoms with Crippen LogP contribution in [0.1, 0.15) is 56.1 Å². The van der Waals surface area contributed by atoms with Gasteiger partial charge in [0.25, 0.3) is 0 Å². The van der Waals surface area contributed by atoms with Gasteiger partial charge in [-0.1, -0.05) is 48.5 Å². The highest BCUT2D eigenvalue weighted by Gasteiger charge is 2.49. The van der Waals surface area contributed by atoms with Crippen molar-refractivity contribution in [3.05, 3.63) is 59.7 Å². The molecule has 0 spiro atoms. The lowest BCUT2D eigenvalue weighted by atomic mass is 9.75. The van der Waals surface area contributed by atoms with Crippen LogP contribution in [0.25, 0.3) is 11.1 Å². The van der Waals surface area contributed by atoms with Crippen LogP contribution < -0.4 is 5.32 Å². The Morgan fingerprint density at radius 1 is 1.09 bits per heavy atom. The summed E-state index contributed by atoms with van der Waals surface area (Å²) in [6, 6.07) is 16.0. The Bertz CT molecular complexity index is 1020. The van der Waals surface area contributed by atoms with E-state index in [0.717, 1.165) is 17.5 Å². The average Bonchev–Trinajstić information content (AvgIpc) is 3.08. The number of aliphatic carboxylic acids is 1. The summed E-state index contributed by atoms with van der Waals surface area (Å²) in [5.74, 6) is -1.18. The first kappa shape index (κ1) is 22.8. The van der Waals surface area contributed by atoms with Crippen LogP contribution >= 0.6 is 0 Å². The number of alkyl carbamates (subject to hydrolysis) is 1. The molecule has 1 fully saturated rings. The first-order valence-electron chi connectivity index (χ1n) is 11.4. The number of fused-ring (bicyclic) bond motifs is 3. The molecule has 2 aromatic carbocycles. The Kier molecular flexibility index (Phi) is 6.40. The molecule has 1 unspecified atom stereocenters. The lowest BCUT2D eigenvalue weighted by molar-refractivity contribution is -0.164. The van der Waals surface area contributed by atoms with Gasteiger partial charge in [-0.05, 0) is 54.9 Å². The predicted molar refractivity (Wildman–Crippen MR) is 124 cm³/mol. The average molecular weight is 451 g/mol. The minimum absolute atomic E-state index is 0.0108. The van der Waals surface area contributed by atoms with Crippen LogP contribution in [0.4, 0.5) is 4.79 Å². The minimum Gasteiger partial charge on any atom is -0.479 e. The van der Waals surface area contributed by atoms with E-state index in [9.17, 15) is 19.5 Å². The van der Waals surface area contributed by atoms with E-state index in [-0.39, 0.29) is 30.9 Å². The van der Waals surface area contributed by atoms with Crippen LogP contribution in [0.3, 0.4) is 0 Å². The van der Waals surface area contributed by atoms with Crippen molar-refractivity contribution in [3.8, 4) is 11.1 Å². The molecule has 0 heterocycles. The zero-order valence-corrected chi connectivity index (χ0v) is 19.0. The molecule has 2 N–H and O–H groups in total. The summed E-state index contributed by atoms with van der Waals surface area (Å²) in [5.41, 5.74) is 3.57. The zero-order chi connectivity index (χ0) is 23.6. The largest absolute Gasteiger partial charge is 0.479 e. The van der Waals surface area contributed by atoms with Crippen molar-refractivity contribution >= 4 is 18.0 Å². The van der Waals surface area contributed by atoms with E-state index in [1.807, 2.05) is 31.2 Å². The highest BCUT2D eigenvalue weighted by molar-refractivity contribution is 5.87. The van der Waals surface area contributed by atoms with E-state index in [1.165, 1.54) is 16.0 Å². The number of carboxylic acid groups (broad SMARTS) is 1. The highest BCUT2D eigenvalue weighted by Crippen LogP contribution is 2.44. The van der Waals surface area contributed by atoms with Crippen molar-refractivity contribution in [1.82, 2.24) is 10.2 Å². The number of nitrogens with one attached hydrogen (secondary N) is 1. The van der Waals surface area contributed by atoms with Crippen molar-refractivity contribution in [2.24, 2.45) is 0 Å². The molecule has 7 heteroatoms. The molecule has 1 saturated carbocycles. The van der Waals surface area contributed by atoms with Gasteiger partial charge in [-0.25, -0.2) is 9.59 Å². The van der Waals surface area contributed by atoms with E-state index in [1.54, 1.807) is 7.05 Å². The van der Waals surface area contributed by atoms with Crippen LogP contribution in [0.15, 0.2) is 48.5 Å². The maximum absolute atomic E-state index is 12.5. The van der Waals surface area contributed by atoms with Gasteiger partial charge in [-0.3, -0.25) is 4.79 Å². The zero-order valence-electron chi connectivity index (χ0n) is 19.0. The van der Waals surface area contributed by atoms with Crippen LogP contribution in [-0.2, 0) is 14.3 Å². The van der Waals surface area contributed by atoms with E-state index in [4.69, 9.17) is 4.74 Å². The third-order valence-corrected chi connectivity index (χ3v) is 7.09. The van der Waals surface area contributed by atoms with Gasteiger partial charge in [0.15, 0.2) is 0 Å². The smallest absolute Gasteiger partial charge is 0.407 e. The van der Waals surface area contributed by atoms with Crippen molar-refractivity contribution in [3.63, 3.8) is 0 Å². The molecular weight excluding hydrogens is 420 g/mol.